The van der Waals surface area contributed by atoms with Crippen LogP contribution >= 0.6 is 12.2 Å². The summed E-state index contributed by atoms with van der Waals surface area (Å²) in [5, 5.41) is 3.16. The van der Waals surface area contributed by atoms with Crippen LogP contribution in [0.4, 0.5) is 4.39 Å². The first-order chi connectivity index (χ1) is 12.6. The van der Waals surface area contributed by atoms with Crippen molar-refractivity contribution < 1.29 is 9.13 Å². The van der Waals surface area contributed by atoms with Crippen LogP contribution < -0.4 is 15.8 Å². The molecule has 0 amide bonds. The van der Waals surface area contributed by atoms with E-state index in [0.717, 1.165) is 16.7 Å². The third-order valence-electron chi connectivity index (χ3n) is 3.62. The average Bonchev–Trinajstić information content (AvgIpc) is 2.65. The minimum atomic E-state index is -0.299. The summed E-state index contributed by atoms with van der Waals surface area (Å²) >= 11 is 4.80. The quantitative estimate of drug-likeness (QED) is 0.651. The van der Waals surface area contributed by atoms with E-state index < -0.39 is 0 Å². The van der Waals surface area contributed by atoms with Crippen molar-refractivity contribution in [3.05, 3.63) is 77.9 Å². The molecule has 0 saturated carbocycles. The Morgan fingerprint density at radius 1 is 1.08 bits per heavy atom. The van der Waals surface area contributed by atoms with Crippen molar-refractivity contribution >= 4 is 17.3 Å². The summed E-state index contributed by atoms with van der Waals surface area (Å²) in [4.78, 5) is 8.61. The second kappa shape index (κ2) is 8.35. The summed E-state index contributed by atoms with van der Waals surface area (Å²) in [6.07, 6.45) is 3.16. The van der Waals surface area contributed by atoms with Gasteiger partial charge in [-0.15, -0.1) is 0 Å². The van der Waals surface area contributed by atoms with Gasteiger partial charge in [0.25, 0.3) is 0 Å². The zero-order valence-corrected chi connectivity index (χ0v) is 14.7. The Labute approximate surface area is 156 Å². The molecule has 0 atom stereocenters. The number of nitrogens with two attached hydrogens (primary N) is 1. The number of hydrogen-bond donors (Lipinski definition) is 2. The smallest absolute Gasteiger partial charge is 0.240 e. The van der Waals surface area contributed by atoms with Gasteiger partial charge in [-0.2, -0.15) is 0 Å². The Morgan fingerprint density at radius 3 is 2.58 bits per heavy atom. The first-order valence-corrected chi connectivity index (χ1v) is 8.33. The van der Waals surface area contributed by atoms with Crippen LogP contribution in [-0.2, 0) is 13.2 Å². The van der Waals surface area contributed by atoms with Gasteiger partial charge in [-0.05, 0) is 35.5 Å². The maximum Gasteiger partial charge on any atom is 0.240 e. The van der Waals surface area contributed by atoms with E-state index >= 15 is 0 Å². The van der Waals surface area contributed by atoms with Crippen molar-refractivity contribution in [1.29, 1.82) is 0 Å². The van der Waals surface area contributed by atoms with Crippen LogP contribution in [0.25, 0.3) is 11.3 Å². The van der Waals surface area contributed by atoms with Gasteiger partial charge in [0.15, 0.2) is 5.11 Å². The fourth-order valence-corrected chi connectivity index (χ4v) is 2.45. The molecule has 5 nitrogen and oxygen atoms in total. The first kappa shape index (κ1) is 17.8. The second-order valence-corrected chi connectivity index (χ2v) is 5.98. The molecule has 0 unspecified atom stereocenters. The number of hydrogen-bond acceptors (Lipinski definition) is 4. The maximum absolute atomic E-state index is 13.3. The molecule has 2 aromatic carbocycles. The van der Waals surface area contributed by atoms with Gasteiger partial charge in [-0.1, -0.05) is 36.4 Å². The highest BCUT2D eigenvalue weighted by molar-refractivity contribution is 7.80. The molecule has 3 N–H and O–H groups in total. The van der Waals surface area contributed by atoms with Crippen LogP contribution in [0.2, 0.25) is 0 Å². The normalized spacial score (nSPS) is 10.3. The van der Waals surface area contributed by atoms with Crippen LogP contribution in [0, 0.1) is 5.82 Å². The van der Waals surface area contributed by atoms with Crippen molar-refractivity contribution in [2.45, 2.75) is 13.2 Å². The molecule has 132 valence electrons. The molecule has 0 fully saturated rings. The SMILES string of the molecule is NC(=S)NCc1ccc(-c2nccnc2OCc2cccc(F)c2)cc1. The number of ether oxygens (including phenoxy) is 1. The maximum atomic E-state index is 13.3. The van der Waals surface area contributed by atoms with Crippen LogP contribution in [-0.4, -0.2) is 15.1 Å². The third kappa shape index (κ3) is 4.73. The van der Waals surface area contributed by atoms with Gasteiger partial charge < -0.3 is 15.8 Å². The summed E-state index contributed by atoms with van der Waals surface area (Å²) in [5.74, 6) is 0.0948. The zero-order chi connectivity index (χ0) is 18.4. The number of nitrogens with zero attached hydrogens (tertiary/aromatic N) is 2. The predicted octanol–water partition coefficient (Wildman–Crippen LogP) is 3.19. The molecule has 1 aromatic heterocycles. The predicted molar refractivity (Wildman–Crippen MR) is 102 cm³/mol. The van der Waals surface area contributed by atoms with Gasteiger partial charge in [0, 0.05) is 24.5 Å². The number of rotatable bonds is 6. The van der Waals surface area contributed by atoms with Gasteiger partial charge >= 0.3 is 0 Å². The Balaban J connectivity index is 1.75. The molecule has 0 aliphatic rings. The molecule has 0 radical (unpaired) electrons. The Kier molecular flexibility index (Phi) is 5.70. The van der Waals surface area contributed by atoms with E-state index in [4.69, 9.17) is 22.7 Å². The van der Waals surface area contributed by atoms with Crippen LogP contribution in [0.1, 0.15) is 11.1 Å². The third-order valence-corrected chi connectivity index (χ3v) is 3.77. The van der Waals surface area contributed by atoms with Gasteiger partial charge in [0.2, 0.25) is 5.88 Å². The summed E-state index contributed by atoms with van der Waals surface area (Å²) in [7, 11) is 0. The fraction of sp³-hybridized carbons (Fsp3) is 0.105. The van der Waals surface area contributed by atoms with Crippen molar-refractivity contribution in [3.8, 4) is 17.1 Å². The van der Waals surface area contributed by atoms with Crippen molar-refractivity contribution in [1.82, 2.24) is 15.3 Å². The van der Waals surface area contributed by atoms with E-state index in [1.165, 1.54) is 12.1 Å². The number of benzene rings is 2. The molecular weight excluding hydrogens is 351 g/mol. The number of thiocarbonyl (C=S) groups is 1. The molecule has 7 heteroatoms. The lowest BCUT2D eigenvalue weighted by atomic mass is 10.1. The highest BCUT2D eigenvalue weighted by Crippen LogP contribution is 2.26. The second-order valence-electron chi connectivity index (χ2n) is 5.54. The van der Waals surface area contributed by atoms with Crippen LogP contribution in [0.3, 0.4) is 0 Å². The average molecular weight is 368 g/mol. The molecule has 0 saturated heterocycles. The number of nitrogens with one attached hydrogen (secondary N) is 1. The van der Waals surface area contributed by atoms with E-state index in [-0.39, 0.29) is 17.5 Å². The van der Waals surface area contributed by atoms with E-state index in [1.807, 2.05) is 24.3 Å². The molecular formula is C19H17FN4OS. The Morgan fingerprint density at radius 2 is 1.85 bits per heavy atom. The molecule has 3 aromatic rings. The van der Waals surface area contributed by atoms with Gasteiger partial charge in [0.1, 0.15) is 18.1 Å². The minimum absolute atomic E-state index is 0.208. The van der Waals surface area contributed by atoms with E-state index in [1.54, 1.807) is 24.5 Å². The summed E-state index contributed by atoms with van der Waals surface area (Å²) in [5.41, 5.74) is 8.68. The Bertz CT molecular complexity index is 902. The van der Waals surface area contributed by atoms with Gasteiger partial charge in [0.05, 0.1) is 0 Å². The summed E-state index contributed by atoms with van der Waals surface area (Å²) in [6.45, 7) is 0.762. The Hall–Kier alpha value is -3.06. The first-order valence-electron chi connectivity index (χ1n) is 7.92. The monoisotopic (exact) mass is 368 g/mol. The lowest BCUT2D eigenvalue weighted by Crippen LogP contribution is -2.28. The molecule has 0 aliphatic heterocycles. The summed E-state index contributed by atoms with van der Waals surface area (Å²) < 4.78 is 19.0. The standard InChI is InChI=1S/C19H17FN4OS/c20-16-3-1-2-14(10-16)12-25-18-17(22-8-9-23-18)15-6-4-13(5-7-15)11-24-19(21)26/h1-10H,11-12H2,(H3,21,24,26). The van der Waals surface area contributed by atoms with E-state index in [9.17, 15) is 4.39 Å². The minimum Gasteiger partial charge on any atom is -0.471 e. The zero-order valence-electron chi connectivity index (χ0n) is 13.9. The van der Waals surface area contributed by atoms with Gasteiger partial charge in [-0.3, -0.25) is 0 Å². The van der Waals surface area contributed by atoms with Crippen LogP contribution in [0.5, 0.6) is 5.88 Å². The van der Waals surface area contributed by atoms with Crippen LogP contribution in [0.15, 0.2) is 60.9 Å². The number of halogens is 1. The molecule has 26 heavy (non-hydrogen) atoms. The lowest BCUT2D eigenvalue weighted by molar-refractivity contribution is 0.293. The topological polar surface area (TPSA) is 73.1 Å². The molecule has 0 spiro atoms. The van der Waals surface area contributed by atoms with Crippen molar-refractivity contribution in [3.63, 3.8) is 0 Å². The van der Waals surface area contributed by atoms with Gasteiger partial charge in [-0.25, -0.2) is 14.4 Å². The van der Waals surface area contributed by atoms with Crippen molar-refractivity contribution in [2.24, 2.45) is 5.73 Å². The molecule has 1 heterocycles. The highest BCUT2D eigenvalue weighted by atomic mass is 32.1. The number of aromatic nitrogens is 2. The highest BCUT2D eigenvalue weighted by Gasteiger charge is 2.10. The largest absolute Gasteiger partial charge is 0.471 e. The lowest BCUT2D eigenvalue weighted by Gasteiger charge is -2.10. The van der Waals surface area contributed by atoms with E-state index in [0.29, 0.717) is 18.1 Å². The fourth-order valence-electron chi connectivity index (χ4n) is 2.38. The summed E-state index contributed by atoms with van der Waals surface area (Å²) in [6, 6.07) is 14.0. The molecule has 0 bridgehead atoms. The van der Waals surface area contributed by atoms with Crippen molar-refractivity contribution in [2.75, 3.05) is 0 Å². The van der Waals surface area contributed by atoms with E-state index in [2.05, 4.69) is 15.3 Å². The molecule has 0 aliphatic carbocycles. The molecule has 3 rings (SSSR count).